The van der Waals surface area contributed by atoms with Crippen LogP contribution in [0.5, 0.6) is 0 Å². The van der Waals surface area contributed by atoms with Crippen molar-refractivity contribution in [3.63, 3.8) is 0 Å². The summed E-state index contributed by atoms with van der Waals surface area (Å²) in [6.07, 6.45) is 2.33. The van der Waals surface area contributed by atoms with Crippen LogP contribution in [0.1, 0.15) is 19.8 Å². The molecule has 0 atom stereocenters. The first kappa shape index (κ1) is 14.5. The van der Waals surface area contributed by atoms with Crippen molar-refractivity contribution in [3.05, 3.63) is 29.5 Å². The SMILES string of the molecule is CCN1CCC(N(C)c2nc(Cl)nc3ccccc23)CC1. The number of aromatic nitrogens is 2. The zero-order chi connectivity index (χ0) is 14.8. The summed E-state index contributed by atoms with van der Waals surface area (Å²) in [4.78, 5) is 13.6. The van der Waals surface area contributed by atoms with Crippen LogP contribution in [0.4, 0.5) is 5.82 Å². The molecule has 3 rings (SSSR count). The van der Waals surface area contributed by atoms with Gasteiger partial charge in [-0.2, -0.15) is 4.98 Å². The number of para-hydroxylation sites is 1. The van der Waals surface area contributed by atoms with Gasteiger partial charge in [0.25, 0.3) is 0 Å². The van der Waals surface area contributed by atoms with Gasteiger partial charge in [-0.05, 0) is 43.1 Å². The van der Waals surface area contributed by atoms with Crippen molar-refractivity contribution < 1.29 is 0 Å². The quantitative estimate of drug-likeness (QED) is 0.815. The van der Waals surface area contributed by atoms with Gasteiger partial charge < -0.3 is 9.80 Å². The normalized spacial score (nSPS) is 17.3. The third-order valence-electron chi connectivity index (χ3n) is 4.44. The Morgan fingerprint density at radius 2 is 1.95 bits per heavy atom. The second-order valence-corrected chi connectivity index (χ2v) is 5.95. The standard InChI is InChI=1S/C16H21ClN4/c1-3-21-10-8-12(9-11-21)20(2)15-13-6-4-5-7-14(13)18-16(17)19-15/h4-7,12H,3,8-11H2,1-2H3. The van der Waals surface area contributed by atoms with Gasteiger partial charge in [-0.15, -0.1) is 0 Å². The van der Waals surface area contributed by atoms with E-state index in [0.717, 1.165) is 36.4 Å². The Hall–Kier alpha value is -1.39. The first-order valence-electron chi connectivity index (χ1n) is 7.56. The van der Waals surface area contributed by atoms with Crippen LogP contribution >= 0.6 is 11.6 Å². The maximum absolute atomic E-state index is 6.10. The molecule has 1 fully saturated rings. The van der Waals surface area contributed by atoms with Gasteiger partial charge in [0.2, 0.25) is 5.28 Å². The third-order valence-corrected chi connectivity index (χ3v) is 4.61. The van der Waals surface area contributed by atoms with Gasteiger partial charge in [0.15, 0.2) is 0 Å². The molecular weight excluding hydrogens is 284 g/mol. The van der Waals surface area contributed by atoms with E-state index in [2.05, 4.69) is 39.8 Å². The summed E-state index contributed by atoms with van der Waals surface area (Å²) in [5.74, 6) is 0.945. The molecule has 5 heteroatoms. The summed E-state index contributed by atoms with van der Waals surface area (Å²) in [6, 6.07) is 8.58. The summed E-state index contributed by atoms with van der Waals surface area (Å²) in [6.45, 7) is 5.67. The highest BCUT2D eigenvalue weighted by molar-refractivity contribution is 6.28. The molecule has 112 valence electrons. The number of rotatable bonds is 3. The van der Waals surface area contributed by atoms with Crippen LogP contribution < -0.4 is 4.90 Å². The zero-order valence-electron chi connectivity index (χ0n) is 12.6. The molecule has 1 saturated heterocycles. The summed E-state index contributed by atoms with van der Waals surface area (Å²) < 4.78 is 0. The number of halogens is 1. The van der Waals surface area contributed by atoms with Crippen molar-refractivity contribution in [2.45, 2.75) is 25.8 Å². The molecule has 2 heterocycles. The second-order valence-electron chi connectivity index (χ2n) is 5.61. The Labute approximate surface area is 130 Å². The lowest BCUT2D eigenvalue weighted by Crippen LogP contribution is -2.43. The Bertz CT molecular complexity index is 623. The van der Waals surface area contributed by atoms with E-state index in [9.17, 15) is 0 Å². The molecular formula is C16H21ClN4. The average molecular weight is 305 g/mol. The number of fused-ring (bicyclic) bond motifs is 1. The minimum Gasteiger partial charge on any atom is -0.356 e. The molecule has 0 saturated carbocycles. The molecule has 0 spiro atoms. The van der Waals surface area contributed by atoms with E-state index >= 15 is 0 Å². The minimum atomic E-state index is 0.321. The Kier molecular flexibility index (Phi) is 4.27. The number of benzene rings is 1. The molecule has 1 aromatic heterocycles. The summed E-state index contributed by atoms with van der Waals surface area (Å²) in [7, 11) is 2.12. The maximum atomic E-state index is 6.10. The fraction of sp³-hybridized carbons (Fsp3) is 0.500. The molecule has 0 radical (unpaired) electrons. The molecule has 0 aliphatic carbocycles. The number of nitrogens with zero attached hydrogens (tertiary/aromatic N) is 4. The number of hydrogen-bond donors (Lipinski definition) is 0. The van der Waals surface area contributed by atoms with Gasteiger partial charge >= 0.3 is 0 Å². The van der Waals surface area contributed by atoms with Gasteiger partial charge in [0, 0.05) is 31.6 Å². The zero-order valence-corrected chi connectivity index (χ0v) is 13.3. The largest absolute Gasteiger partial charge is 0.356 e. The van der Waals surface area contributed by atoms with Crippen molar-refractivity contribution in [2.24, 2.45) is 0 Å². The van der Waals surface area contributed by atoms with Gasteiger partial charge in [0.1, 0.15) is 5.82 Å². The summed E-state index contributed by atoms with van der Waals surface area (Å²) >= 11 is 6.10. The van der Waals surface area contributed by atoms with Crippen LogP contribution in [-0.2, 0) is 0 Å². The molecule has 1 aliphatic rings. The van der Waals surface area contributed by atoms with Crippen LogP contribution in [0.15, 0.2) is 24.3 Å². The lowest BCUT2D eigenvalue weighted by atomic mass is 10.0. The van der Waals surface area contributed by atoms with E-state index in [4.69, 9.17) is 11.6 Å². The van der Waals surface area contributed by atoms with Crippen molar-refractivity contribution >= 4 is 28.3 Å². The average Bonchev–Trinajstić information content (AvgIpc) is 2.53. The summed E-state index contributed by atoms with van der Waals surface area (Å²) in [5.41, 5.74) is 0.908. The molecule has 2 aromatic rings. The Morgan fingerprint density at radius 3 is 2.67 bits per heavy atom. The van der Waals surface area contributed by atoms with Crippen LogP contribution in [0.2, 0.25) is 5.28 Å². The van der Waals surface area contributed by atoms with Gasteiger partial charge in [-0.25, -0.2) is 4.98 Å². The number of anilines is 1. The van der Waals surface area contributed by atoms with Crippen molar-refractivity contribution in [2.75, 3.05) is 31.6 Å². The highest BCUT2D eigenvalue weighted by Gasteiger charge is 2.24. The van der Waals surface area contributed by atoms with Gasteiger partial charge in [-0.3, -0.25) is 0 Å². The van der Waals surface area contributed by atoms with Gasteiger partial charge in [-0.1, -0.05) is 19.1 Å². The number of piperidine rings is 1. The highest BCUT2D eigenvalue weighted by atomic mass is 35.5. The molecule has 0 N–H and O–H groups in total. The monoisotopic (exact) mass is 304 g/mol. The van der Waals surface area contributed by atoms with Gasteiger partial charge in [0.05, 0.1) is 5.52 Å². The first-order chi connectivity index (χ1) is 10.2. The third kappa shape index (κ3) is 2.97. The van der Waals surface area contributed by atoms with Crippen molar-refractivity contribution in [3.8, 4) is 0 Å². The van der Waals surface area contributed by atoms with E-state index in [1.54, 1.807) is 0 Å². The predicted molar refractivity (Wildman–Crippen MR) is 88.1 cm³/mol. The topological polar surface area (TPSA) is 32.3 Å². The van der Waals surface area contributed by atoms with E-state index in [0.29, 0.717) is 11.3 Å². The molecule has 0 unspecified atom stereocenters. The maximum Gasteiger partial charge on any atom is 0.224 e. The molecule has 0 amide bonds. The van der Waals surface area contributed by atoms with E-state index in [1.165, 1.54) is 12.8 Å². The van der Waals surface area contributed by atoms with Crippen LogP contribution in [-0.4, -0.2) is 47.6 Å². The highest BCUT2D eigenvalue weighted by Crippen LogP contribution is 2.28. The summed E-state index contributed by atoms with van der Waals surface area (Å²) in [5, 5.41) is 1.39. The lowest BCUT2D eigenvalue weighted by molar-refractivity contribution is 0.220. The smallest absolute Gasteiger partial charge is 0.224 e. The fourth-order valence-corrected chi connectivity index (χ4v) is 3.27. The van der Waals surface area contributed by atoms with Crippen molar-refractivity contribution in [1.29, 1.82) is 0 Å². The predicted octanol–water partition coefficient (Wildman–Crippen LogP) is 3.20. The second kappa shape index (κ2) is 6.16. The number of likely N-dealkylation sites (tertiary alicyclic amines) is 1. The minimum absolute atomic E-state index is 0.321. The van der Waals surface area contributed by atoms with E-state index in [1.807, 2.05) is 18.2 Å². The van der Waals surface area contributed by atoms with Crippen LogP contribution in [0, 0.1) is 0 Å². The van der Waals surface area contributed by atoms with Crippen LogP contribution in [0.25, 0.3) is 10.9 Å². The molecule has 1 aliphatic heterocycles. The van der Waals surface area contributed by atoms with Crippen molar-refractivity contribution in [1.82, 2.24) is 14.9 Å². The fourth-order valence-electron chi connectivity index (χ4n) is 3.10. The Morgan fingerprint density at radius 1 is 1.24 bits per heavy atom. The molecule has 1 aromatic carbocycles. The van der Waals surface area contributed by atoms with E-state index in [-0.39, 0.29) is 0 Å². The lowest BCUT2D eigenvalue weighted by Gasteiger charge is -2.37. The van der Waals surface area contributed by atoms with Crippen LogP contribution in [0.3, 0.4) is 0 Å². The van der Waals surface area contributed by atoms with E-state index < -0.39 is 0 Å². The molecule has 4 nitrogen and oxygen atoms in total. The molecule has 0 bridgehead atoms. The Balaban J connectivity index is 1.89. The molecule has 21 heavy (non-hydrogen) atoms. The first-order valence-corrected chi connectivity index (χ1v) is 7.94. The number of hydrogen-bond acceptors (Lipinski definition) is 4.